The summed E-state index contributed by atoms with van der Waals surface area (Å²) in [5.41, 5.74) is 0.351. The molecular weight excluding hydrogens is 368 g/mol. The molecule has 0 N–H and O–H groups in total. The van der Waals surface area contributed by atoms with Crippen molar-refractivity contribution in [2.75, 3.05) is 46.2 Å². The molecule has 1 aromatic rings. The molecule has 0 aliphatic carbocycles. The first-order valence-corrected chi connectivity index (χ1v) is 7.77. The summed E-state index contributed by atoms with van der Waals surface area (Å²) in [5, 5.41) is 0. The zero-order chi connectivity index (χ0) is 20.0. The summed E-state index contributed by atoms with van der Waals surface area (Å²) in [6.45, 7) is -0.964. The zero-order valence-electron chi connectivity index (χ0n) is 15.0. The molecule has 1 heterocycles. The second-order valence-corrected chi connectivity index (χ2v) is 5.25. The van der Waals surface area contributed by atoms with Gasteiger partial charge in [0.2, 0.25) is 0 Å². The fraction of sp³-hybridized carbons (Fsp3) is 0.412. The maximum absolute atomic E-state index is 12.4. The molecule has 0 spiro atoms. The predicted molar refractivity (Wildman–Crippen MR) is 88.8 cm³/mol. The number of hydrogen-bond donors (Lipinski definition) is 0. The molecule has 1 aliphatic rings. The fourth-order valence-electron chi connectivity index (χ4n) is 2.44. The first-order valence-electron chi connectivity index (χ1n) is 7.77. The largest absolute Gasteiger partial charge is 0.493 e. The van der Waals surface area contributed by atoms with Crippen LogP contribution < -0.4 is 14.4 Å². The standard InChI is InChI=1S/C17H19F2NO7/c1-23-13-6-10(4-5-12(13)27-8-14(18)19)20-9-26-7-11(16(21)24-2)15(20)17(22)25-3/h4-6,14H,7-9H2,1-3H3. The maximum atomic E-state index is 12.4. The Hall–Kier alpha value is -2.88. The van der Waals surface area contributed by atoms with E-state index in [1.807, 2.05) is 0 Å². The minimum atomic E-state index is -2.64. The number of alkyl halides is 2. The lowest BCUT2D eigenvalue weighted by atomic mass is 10.1. The van der Waals surface area contributed by atoms with Crippen LogP contribution in [-0.2, 0) is 23.8 Å². The predicted octanol–water partition coefficient (Wildman–Crippen LogP) is 1.73. The minimum Gasteiger partial charge on any atom is -0.493 e. The third-order valence-electron chi connectivity index (χ3n) is 3.66. The van der Waals surface area contributed by atoms with Crippen LogP contribution in [-0.4, -0.2) is 59.6 Å². The Morgan fingerprint density at radius 3 is 2.44 bits per heavy atom. The number of ether oxygens (including phenoxy) is 5. The van der Waals surface area contributed by atoms with Crippen molar-refractivity contribution in [1.29, 1.82) is 0 Å². The van der Waals surface area contributed by atoms with Crippen LogP contribution in [0.5, 0.6) is 11.5 Å². The summed E-state index contributed by atoms with van der Waals surface area (Å²) in [6.07, 6.45) is -2.64. The first-order chi connectivity index (χ1) is 12.9. The van der Waals surface area contributed by atoms with Crippen LogP contribution in [0.15, 0.2) is 29.5 Å². The molecule has 0 fully saturated rings. The Labute approximate surface area is 154 Å². The summed E-state index contributed by atoms with van der Waals surface area (Å²) < 4.78 is 49.7. The summed E-state index contributed by atoms with van der Waals surface area (Å²) >= 11 is 0. The summed E-state index contributed by atoms with van der Waals surface area (Å²) in [4.78, 5) is 25.6. The van der Waals surface area contributed by atoms with Gasteiger partial charge < -0.3 is 28.6 Å². The smallest absolute Gasteiger partial charge is 0.355 e. The quantitative estimate of drug-likeness (QED) is 0.655. The number of esters is 2. The maximum Gasteiger partial charge on any atom is 0.355 e. The molecule has 10 heteroatoms. The van der Waals surface area contributed by atoms with Crippen molar-refractivity contribution < 1.29 is 42.1 Å². The average Bonchev–Trinajstić information content (AvgIpc) is 2.70. The van der Waals surface area contributed by atoms with E-state index in [1.165, 1.54) is 44.4 Å². The van der Waals surface area contributed by atoms with Crippen LogP contribution in [0, 0.1) is 0 Å². The van der Waals surface area contributed by atoms with Crippen LogP contribution in [0.1, 0.15) is 0 Å². The van der Waals surface area contributed by atoms with Crippen molar-refractivity contribution in [1.82, 2.24) is 0 Å². The highest BCUT2D eigenvalue weighted by molar-refractivity contribution is 6.03. The molecule has 0 bridgehead atoms. The number of methoxy groups -OCH3 is 3. The summed E-state index contributed by atoms with van der Waals surface area (Å²) in [6, 6.07) is 4.39. The van der Waals surface area contributed by atoms with Crippen LogP contribution in [0.4, 0.5) is 14.5 Å². The van der Waals surface area contributed by atoms with E-state index < -0.39 is 25.0 Å². The summed E-state index contributed by atoms with van der Waals surface area (Å²) in [5.74, 6) is -1.21. The van der Waals surface area contributed by atoms with Gasteiger partial charge in [0, 0.05) is 11.8 Å². The van der Waals surface area contributed by atoms with E-state index in [1.54, 1.807) is 0 Å². The topological polar surface area (TPSA) is 83.5 Å². The zero-order valence-corrected chi connectivity index (χ0v) is 15.0. The van der Waals surface area contributed by atoms with Gasteiger partial charge in [0.15, 0.2) is 11.5 Å². The Kier molecular flexibility index (Phi) is 6.94. The van der Waals surface area contributed by atoms with E-state index in [4.69, 9.17) is 23.7 Å². The number of benzene rings is 1. The van der Waals surface area contributed by atoms with E-state index in [0.717, 1.165) is 0 Å². The lowest BCUT2D eigenvalue weighted by Gasteiger charge is -2.31. The van der Waals surface area contributed by atoms with Crippen molar-refractivity contribution in [3.8, 4) is 11.5 Å². The second kappa shape index (κ2) is 9.17. The average molecular weight is 387 g/mol. The number of anilines is 1. The highest BCUT2D eigenvalue weighted by atomic mass is 19.3. The van der Waals surface area contributed by atoms with E-state index >= 15 is 0 Å². The lowest BCUT2D eigenvalue weighted by molar-refractivity contribution is -0.140. The summed E-state index contributed by atoms with van der Waals surface area (Å²) in [7, 11) is 3.71. The van der Waals surface area contributed by atoms with Gasteiger partial charge in [0.05, 0.1) is 33.5 Å². The van der Waals surface area contributed by atoms with Crippen LogP contribution in [0.25, 0.3) is 0 Å². The van der Waals surface area contributed by atoms with Crippen molar-refractivity contribution in [2.45, 2.75) is 6.43 Å². The van der Waals surface area contributed by atoms with Crippen LogP contribution >= 0.6 is 0 Å². The number of hydrogen-bond acceptors (Lipinski definition) is 8. The molecule has 0 saturated heterocycles. The molecule has 0 unspecified atom stereocenters. The van der Waals surface area contributed by atoms with Gasteiger partial charge in [0.1, 0.15) is 19.0 Å². The molecule has 0 radical (unpaired) electrons. The number of carbonyl (C=O) groups is 2. The number of halogens is 2. The SMILES string of the molecule is COC(=O)C1=C(C(=O)OC)N(c2ccc(OCC(F)F)c(OC)c2)COC1. The van der Waals surface area contributed by atoms with Gasteiger partial charge in [-0.3, -0.25) is 0 Å². The van der Waals surface area contributed by atoms with Gasteiger partial charge in [-0.25, -0.2) is 18.4 Å². The minimum absolute atomic E-state index is 0.00686. The number of rotatable bonds is 7. The molecule has 0 aromatic heterocycles. The van der Waals surface area contributed by atoms with E-state index in [0.29, 0.717) is 5.69 Å². The Morgan fingerprint density at radius 2 is 1.85 bits per heavy atom. The third kappa shape index (κ3) is 4.64. The Bertz CT molecular complexity index is 736. The van der Waals surface area contributed by atoms with Crippen LogP contribution in [0.2, 0.25) is 0 Å². The van der Waals surface area contributed by atoms with Crippen molar-refractivity contribution in [3.05, 3.63) is 29.5 Å². The fourth-order valence-corrected chi connectivity index (χ4v) is 2.44. The van der Waals surface area contributed by atoms with Gasteiger partial charge in [-0.1, -0.05) is 0 Å². The highest BCUT2D eigenvalue weighted by Crippen LogP contribution is 2.35. The van der Waals surface area contributed by atoms with E-state index in [2.05, 4.69) is 0 Å². The van der Waals surface area contributed by atoms with Gasteiger partial charge in [0.25, 0.3) is 6.43 Å². The molecule has 0 amide bonds. The van der Waals surface area contributed by atoms with E-state index in [9.17, 15) is 18.4 Å². The molecule has 0 atom stereocenters. The lowest BCUT2D eigenvalue weighted by Crippen LogP contribution is -2.38. The Morgan fingerprint density at radius 1 is 1.15 bits per heavy atom. The van der Waals surface area contributed by atoms with Gasteiger partial charge in [-0.15, -0.1) is 0 Å². The molecule has 1 aliphatic heterocycles. The molecule has 2 rings (SSSR count). The molecule has 0 saturated carbocycles. The second-order valence-electron chi connectivity index (χ2n) is 5.25. The van der Waals surface area contributed by atoms with Crippen molar-refractivity contribution in [2.24, 2.45) is 0 Å². The molecule has 1 aromatic carbocycles. The Balaban J connectivity index is 2.45. The van der Waals surface area contributed by atoms with Crippen LogP contribution in [0.3, 0.4) is 0 Å². The first kappa shape index (κ1) is 20.4. The number of nitrogens with zero attached hydrogens (tertiary/aromatic N) is 1. The van der Waals surface area contributed by atoms with Gasteiger partial charge in [-0.2, -0.15) is 0 Å². The third-order valence-corrected chi connectivity index (χ3v) is 3.66. The monoisotopic (exact) mass is 387 g/mol. The normalized spacial score (nSPS) is 14.2. The molecule has 148 valence electrons. The molecule has 8 nitrogen and oxygen atoms in total. The van der Waals surface area contributed by atoms with Gasteiger partial charge in [-0.05, 0) is 12.1 Å². The van der Waals surface area contributed by atoms with Gasteiger partial charge >= 0.3 is 11.9 Å². The molecule has 27 heavy (non-hydrogen) atoms. The van der Waals surface area contributed by atoms with Crippen molar-refractivity contribution in [3.63, 3.8) is 0 Å². The van der Waals surface area contributed by atoms with E-state index in [-0.39, 0.29) is 36.1 Å². The highest BCUT2D eigenvalue weighted by Gasteiger charge is 2.32. The van der Waals surface area contributed by atoms with Crippen molar-refractivity contribution >= 4 is 17.6 Å². The molecular formula is C17H19F2NO7. The number of carbonyl (C=O) groups excluding carboxylic acids is 2.